The maximum Gasteiger partial charge on any atom is 0.359 e. The van der Waals surface area contributed by atoms with E-state index in [0.29, 0.717) is 5.52 Å². The van der Waals surface area contributed by atoms with E-state index in [2.05, 4.69) is 15.0 Å². The summed E-state index contributed by atoms with van der Waals surface area (Å²) in [5.74, 6) is -0.577. The molecule has 20 heavy (non-hydrogen) atoms. The Labute approximate surface area is 115 Å². The van der Waals surface area contributed by atoms with Crippen LogP contribution < -0.4 is 5.73 Å². The van der Waals surface area contributed by atoms with Crippen LogP contribution in [0.4, 0.5) is 5.82 Å². The molecule has 0 bridgehead atoms. The van der Waals surface area contributed by atoms with Crippen molar-refractivity contribution in [2.24, 2.45) is 0 Å². The van der Waals surface area contributed by atoms with Gasteiger partial charge in [0.15, 0.2) is 11.5 Å². The van der Waals surface area contributed by atoms with E-state index in [1.807, 2.05) is 6.92 Å². The quantitative estimate of drug-likeness (QED) is 0.601. The van der Waals surface area contributed by atoms with Gasteiger partial charge in [-0.25, -0.2) is 19.7 Å². The van der Waals surface area contributed by atoms with Crippen LogP contribution in [0.3, 0.4) is 0 Å². The third-order valence-electron chi connectivity index (χ3n) is 2.95. The average Bonchev–Trinajstić information content (AvgIpc) is 2.85. The second kappa shape index (κ2) is 5.41. The van der Waals surface area contributed by atoms with Gasteiger partial charge in [0.2, 0.25) is 5.72 Å². The molecular formula is C12H17N5O3. The third-order valence-corrected chi connectivity index (χ3v) is 2.95. The van der Waals surface area contributed by atoms with Crippen LogP contribution in [-0.4, -0.2) is 37.2 Å². The molecule has 0 unspecified atom stereocenters. The van der Waals surface area contributed by atoms with Gasteiger partial charge in [-0.05, 0) is 13.3 Å². The maximum absolute atomic E-state index is 12.0. The van der Waals surface area contributed by atoms with E-state index >= 15 is 0 Å². The lowest BCUT2D eigenvalue weighted by Crippen LogP contribution is -2.40. The summed E-state index contributed by atoms with van der Waals surface area (Å²) in [6.45, 7) is 3.56. The number of anilines is 1. The zero-order valence-corrected chi connectivity index (χ0v) is 11.4. The number of ether oxygens (including phenoxy) is 1. The van der Waals surface area contributed by atoms with Crippen molar-refractivity contribution in [2.75, 3.05) is 12.3 Å². The number of nitrogens with two attached hydrogens (primary N) is 1. The number of nitrogen functional groups attached to an aromatic ring is 1. The van der Waals surface area contributed by atoms with E-state index in [-0.39, 0.29) is 18.1 Å². The van der Waals surface area contributed by atoms with Gasteiger partial charge in [-0.1, -0.05) is 13.3 Å². The standard InChI is InChI=1S/C12H17N5O3/c1-3-4-5-20-11(18)12(2,19)17-7-16-8-9(13)14-6-15-10(8)17/h6-7,19H,3-5H2,1-2H3,(H2,13,14,15)/t12-/m1/s1. The Morgan fingerprint density at radius 1 is 1.50 bits per heavy atom. The van der Waals surface area contributed by atoms with Gasteiger partial charge < -0.3 is 15.6 Å². The van der Waals surface area contributed by atoms with Crippen molar-refractivity contribution in [2.45, 2.75) is 32.4 Å². The van der Waals surface area contributed by atoms with Gasteiger partial charge in [-0.2, -0.15) is 0 Å². The van der Waals surface area contributed by atoms with Crippen molar-refractivity contribution in [3.05, 3.63) is 12.7 Å². The molecular weight excluding hydrogens is 262 g/mol. The average molecular weight is 279 g/mol. The molecule has 0 spiro atoms. The van der Waals surface area contributed by atoms with Crippen LogP contribution in [-0.2, 0) is 15.3 Å². The number of imidazole rings is 1. The Hall–Kier alpha value is -2.22. The summed E-state index contributed by atoms with van der Waals surface area (Å²) in [5.41, 5.74) is 4.36. The van der Waals surface area contributed by atoms with Crippen molar-refractivity contribution in [3.8, 4) is 0 Å². The van der Waals surface area contributed by atoms with Crippen LogP contribution in [0.1, 0.15) is 26.7 Å². The largest absolute Gasteiger partial charge is 0.462 e. The molecule has 8 heteroatoms. The van der Waals surface area contributed by atoms with E-state index in [0.717, 1.165) is 12.8 Å². The van der Waals surface area contributed by atoms with E-state index in [1.54, 1.807) is 0 Å². The minimum absolute atomic E-state index is 0.184. The number of hydrogen-bond donors (Lipinski definition) is 2. The lowest BCUT2D eigenvalue weighted by molar-refractivity contribution is -0.174. The van der Waals surface area contributed by atoms with Crippen LogP contribution in [0.2, 0.25) is 0 Å². The van der Waals surface area contributed by atoms with Crippen molar-refractivity contribution < 1.29 is 14.6 Å². The number of carbonyl (C=O) groups is 1. The molecule has 0 aliphatic rings. The van der Waals surface area contributed by atoms with Crippen LogP contribution in [0.15, 0.2) is 12.7 Å². The fourth-order valence-electron chi connectivity index (χ4n) is 1.72. The Bertz CT molecular complexity index is 623. The highest BCUT2D eigenvalue weighted by Crippen LogP contribution is 2.22. The van der Waals surface area contributed by atoms with Crippen LogP contribution in [0.5, 0.6) is 0 Å². The second-order valence-corrected chi connectivity index (χ2v) is 4.56. The van der Waals surface area contributed by atoms with Gasteiger partial charge >= 0.3 is 5.97 Å². The van der Waals surface area contributed by atoms with E-state index in [4.69, 9.17) is 10.5 Å². The van der Waals surface area contributed by atoms with Gasteiger partial charge in [-0.3, -0.25) is 4.57 Å². The number of esters is 1. The molecule has 0 radical (unpaired) electrons. The Balaban J connectivity index is 2.32. The fraction of sp³-hybridized carbons (Fsp3) is 0.500. The van der Waals surface area contributed by atoms with Crippen molar-refractivity contribution in [1.82, 2.24) is 19.5 Å². The molecule has 0 fully saturated rings. The first-order valence-electron chi connectivity index (χ1n) is 6.32. The lowest BCUT2D eigenvalue weighted by Gasteiger charge is -2.22. The number of fused-ring (bicyclic) bond motifs is 1. The highest BCUT2D eigenvalue weighted by Gasteiger charge is 2.36. The number of carbonyl (C=O) groups excluding carboxylic acids is 1. The molecule has 3 N–H and O–H groups in total. The molecule has 2 heterocycles. The Morgan fingerprint density at radius 3 is 2.95 bits per heavy atom. The normalized spacial score (nSPS) is 14.2. The maximum atomic E-state index is 12.0. The van der Waals surface area contributed by atoms with Gasteiger partial charge in [0.1, 0.15) is 18.2 Å². The number of aliphatic hydroxyl groups is 1. The first-order valence-corrected chi connectivity index (χ1v) is 6.32. The summed E-state index contributed by atoms with van der Waals surface area (Å²) in [7, 11) is 0. The number of rotatable bonds is 5. The number of nitrogens with zero attached hydrogens (tertiary/aromatic N) is 4. The smallest absolute Gasteiger partial charge is 0.359 e. The highest BCUT2D eigenvalue weighted by atomic mass is 16.6. The van der Waals surface area contributed by atoms with E-state index in [1.165, 1.54) is 24.1 Å². The highest BCUT2D eigenvalue weighted by molar-refractivity contribution is 5.84. The molecule has 2 aromatic rings. The summed E-state index contributed by atoms with van der Waals surface area (Å²) in [5, 5.41) is 10.4. The van der Waals surface area contributed by atoms with Crippen LogP contribution in [0.25, 0.3) is 11.2 Å². The minimum atomic E-state index is -1.90. The molecule has 2 aromatic heterocycles. The third kappa shape index (κ3) is 2.42. The van der Waals surface area contributed by atoms with Crippen LogP contribution in [0, 0.1) is 0 Å². The zero-order chi connectivity index (χ0) is 14.8. The number of aromatic nitrogens is 4. The number of hydrogen-bond acceptors (Lipinski definition) is 7. The Kier molecular flexibility index (Phi) is 3.84. The summed E-state index contributed by atoms with van der Waals surface area (Å²) >= 11 is 0. The molecule has 8 nitrogen and oxygen atoms in total. The first-order chi connectivity index (χ1) is 9.48. The number of unbranched alkanes of at least 4 members (excludes halogenated alkanes) is 1. The van der Waals surface area contributed by atoms with Gasteiger partial charge in [0.05, 0.1) is 6.61 Å². The molecule has 0 amide bonds. The molecule has 0 aromatic carbocycles. The van der Waals surface area contributed by atoms with Crippen molar-refractivity contribution >= 4 is 23.0 Å². The van der Waals surface area contributed by atoms with Gasteiger partial charge in [0.25, 0.3) is 0 Å². The van der Waals surface area contributed by atoms with E-state index in [9.17, 15) is 9.90 Å². The zero-order valence-electron chi connectivity index (χ0n) is 11.4. The van der Waals surface area contributed by atoms with Gasteiger partial charge in [0, 0.05) is 0 Å². The molecule has 0 aliphatic heterocycles. The minimum Gasteiger partial charge on any atom is -0.462 e. The predicted octanol–water partition coefficient (Wildman–Crippen LogP) is 0.417. The van der Waals surface area contributed by atoms with E-state index < -0.39 is 11.7 Å². The Morgan fingerprint density at radius 2 is 2.25 bits per heavy atom. The SMILES string of the molecule is CCCCOC(=O)[C@@](C)(O)n1cnc2c(N)ncnc21. The summed E-state index contributed by atoms with van der Waals surface area (Å²) in [6, 6.07) is 0. The molecule has 1 atom stereocenters. The molecule has 108 valence electrons. The monoisotopic (exact) mass is 279 g/mol. The predicted molar refractivity (Wildman–Crippen MR) is 71.5 cm³/mol. The lowest BCUT2D eigenvalue weighted by atomic mass is 10.2. The summed E-state index contributed by atoms with van der Waals surface area (Å²) in [6.07, 6.45) is 4.17. The van der Waals surface area contributed by atoms with Crippen molar-refractivity contribution in [3.63, 3.8) is 0 Å². The summed E-state index contributed by atoms with van der Waals surface area (Å²) in [4.78, 5) is 23.8. The van der Waals surface area contributed by atoms with Crippen molar-refractivity contribution in [1.29, 1.82) is 0 Å². The first kappa shape index (κ1) is 14.2. The summed E-state index contributed by atoms with van der Waals surface area (Å²) < 4.78 is 6.25. The van der Waals surface area contributed by atoms with Crippen LogP contribution >= 0.6 is 0 Å². The topological polar surface area (TPSA) is 116 Å². The van der Waals surface area contributed by atoms with Gasteiger partial charge in [-0.15, -0.1) is 0 Å². The second-order valence-electron chi connectivity index (χ2n) is 4.56. The molecule has 2 rings (SSSR count). The molecule has 0 aliphatic carbocycles. The molecule has 0 saturated heterocycles. The molecule has 0 saturated carbocycles. The fourth-order valence-corrected chi connectivity index (χ4v) is 1.72.